The Morgan fingerprint density at radius 2 is 2.23 bits per heavy atom. The van der Waals surface area contributed by atoms with Crippen LogP contribution in [0.15, 0.2) is 18.3 Å². The molecule has 0 aromatic carbocycles. The molecule has 1 fully saturated rings. The van der Waals surface area contributed by atoms with Crippen LogP contribution in [0.1, 0.15) is 45.7 Å². The minimum atomic E-state index is -0.468. The molecular formula is C17H23N3O2. The van der Waals surface area contributed by atoms with E-state index in [4.69, 9.17) is 4.74 Å². The van der Waals surface area contributed by atoms with E-state index < -0.39 is 5.60 Å². The van der Waals surface area contributed by atoms with Gasteiger partial charge in [0.1, 0.15) is 11.3 Å². The number of aromatic nitrogens is 2. The number of carbonyl (C=O) groups excluding carboxylic acids is 1. The van der Waals surface area contributed by atoms with E-state index in [-0.39, 0.29) is 6.09 Å². The first-order valence-corrected chi connectivity index (χ1v) is 7.68. The normalized spacial score (nSPS) is 14.0. The molecule has 0 bridgehead atoms. The summed E-state index contributed by atoms with van der Waals surface area (Å²) < 4.78 is 5.46. The van der Waals surface area contributed by atoms with E-state index in [0.717, 1.165) is 6.54 Å². The molecule has 0 atom stereocenters. The van der Waals surface area contributed by atoms with Crippen molar-refractivity contribution in [2.24, 2.45) is 5.92 Å². The van der Waals surface area contributed by atoms with E-state index in [2.05, 4.69) is 22.0 Å². The highest BCUT2D eigenvalue weighted by molar-refractivity contribution is 5.68. The van der Waals surface area contributed by atoms with E-state index in [1.807, 2.05) is 26.8 Å². The number of hydrogen-bond acceptors (Lipinski definition) is 4. The van der Waals surface area contributed by atoms with Gasteiger partial charge in [0.15, 0.2) is 0 Å². The van der Waals surface area contributed by atoms with Crippen molar-refractivity contribution in [2.75, 3.05) is 13.1 Å². The van der Waals surface area contributed by atoms with Crippen molar-refractivity contribution in [1.29, 1.82) is 0 Å². The van der Waals surface area contributed by atoms with Crippen molar-refractivity contribution in [1.82, 2.24) is 15.1 Å². The van der Waals surface area contributed by atoms with Crippen LogP contribution in [-0.4, -0.2) is 39.9 Å². The van der Waals surface area contributed by atoms with E-state index in [1.54, 1.807) is 17.2 Å². The lowest BCUT2D eigenvalue weighted by molar-refractivity contribution is 0.0245. The first-order chi connectivity index (χ1) is 10.4. The maximum atomic E-state index is 12.2. The summed E-state index contributed by atoms with van der Waals surface area (Å²) in [5, 5.41) is 7.69. The van der Waals surface area contributed by atoms with E-state index in [9.17, 15) is 4.79 Å². The van der Waals surface area contributed by atoms with Crippen molar-refractivity contribution in [3.63, 3.8) is 0 Å². The third kappa shape index (κ3) is 6.13. The van der Waals surface area contributed by atoms with Gasteiger partial charge in [-0.1, -0.05) is 5.92 Å². The van der Waals surface area contributed by atoms with Crippen molar-refractivity contribution in [3.05, 3.63) is 24.0 Å². The van der Waals surface area contributed by atoms with Crippen molar-refractivity contribution < 1.29 is 9.53 Å². The van der Waals surface area contributed by atoms with Crippen LogP contribution < -0.4 is 0 Å². The minimum Gasteiger partial charge on any atom is -0.444 e. The summed E-state index contributed by atoms with van der Waals surface area (Å²) in [5.74, 6) is 6.62. The Morgan fingerprint density at radius 3 is 2.82 bits per heavy atom. The smallest absolute Gasteiger partial charge is 0.410 e. The summed E-state index contributed by atoms with van der Waals surface area (Å²) in [4.78, 5) is 14.0. The van der Waals surface area contributed by atoms with E-state index in [0.29, 0.717) is 24.6 Å². The zero-order valence-electron chi connectivity index (χ0n) is 13.5. The molecule has 0 N–H and O–H groups in total. The fourth-order valence-electron chi connectivity index (χ4n) is 1.91. The van der Waals surface area contributed by atoms with Gasteiger partial charge in [-0.05, 0) is 57.6 Å². The second-order valence-corrected chi connectivity index (χ2v) is 6.53. The fraction of sp³-hybridized carbons (Fsp3) is 0.588. The SMILES string of the molecule is CC(C)(C)OC(=O)N(CCC#Cc1cccnn1)CC1CC1. The molecule has 5 heteroatoms. The van der Waals surface area contributed by atoms with Gasteiger partial charge in [-0.15, -0.1) is 5.10 Å². The molecule has 1 aromatic heterocycles. The number of ether oxygens (including phenoxy) is 1. The highest BCUT2D eigenvalue weighted by Gasteiger charge is 2.29. The van der Waals surface area contributed by atoms with Crippen LogP contribution in [0, 0.1) is 17.8 Å². The number of nitrogens with zero attached hydrogens (tertiary/aromatic N) is 3. The molecule has 1 heterocycles. The molecule has 1 saturated carbocycles. The first kappa shape index (κ1) is 16.3. The molecule has 0 unspecified atom stereocenters. The van der Waals surface area contributed by atoms with E-state index in [1.165, 1.54) is 12.8 Å². The molecule has 0 radical (unpaired) electrons. The van der Waals surface area contributed by atoms with Gasteiger partial charge in [-0.25, -0.2) is 4.79 Å². The maximum Gasteiger partial charge on any atom is 0.410 e. The molecule has 22 heavy (non-hydrogen) atoms. The monoisotopic (exact) mass is 301 g/mol. The van der Waals surface area contributed by atoms with Gasteiger partial charge in [0.2, 0.25) is 0 Å². The Balaban J connectivity index is 1.87. The zero-order valence-corrected chi connectivity index (χ0v) is 13.5. The molecule has 2 rings (SSSR count). The van der Waals surface area contributed by atoms with Gasteiger partial charge in [-0.2, -0.15) is 5.10 Å². The number of hydrogen-bond donors (Lipinski definition) is 0. The van der Waals surface area contributed by atoms with Gasteiger partial charge < -0.3 is 9.64 Å². The highest BCUT2D eigenvalue weighted by Crippen LogP contribution is 2.30. The second-order valence-electron chi connectivity index (χ2n) is 6.53. The summed E-state index contributed by atoms with van der Waals surface area (Å²) in [5.41, 5.74) is 0.179. The standard InChI is InChI=1S/C17H23N3O2/c1-17(2,3)22-16(21)20(13-14-9-10-14)12-5-4-7-15-8-6-11-18-19-15/h6,8,11,14H,5,9-10,12-13H2,1-3H3. The van der Waals surface area contributed by atoms with Gasteiger partial charge in [0, 0.05) is 25.7 Å². The molecule has 0 spiro atoms. The summed E-state index contributed by atoms with van der Waals surface area (Å²) >= 11 is 0. The summed E-state index contributed by atoms with van der Waals surface area (Å²) in [6.07, 6.45) is 4.36. The summed E-state index contributed by atoms with van der Waals surface area (Å²) in [6.45, 7) is 7.00. The lowest BCUT2D eigenvalue weighted by atomic mass is 10.2. The molecular weight excluding hydrogens is 278 g/mol. The first-order valence-electron chi connectivity index (χ1n) is 7.68. The second kappa shape index (κ2) is 7.26. The van der Waals surface area contributed by atoms with Crippen molar-refractivity contribution in [3.8, 4) is 11.8 Å². The average molecular weight is 301 g/mol. The Labute approximate surface area is 132 Å². The molecule has 0 saturated heterocycles. The van der Waals surface area contributed by atoms with Gasteiger partial charge in [-0.3, -0.25) is 0 Å². The number of amides is 1. The minimum absolute atomic E-state index is 0.249. The van der Waals surface area contributed by atoms with E-state index >= 15 is 0 Å². The molecule has 1 aromatic rings. The van der Waals surface area contributed by atoms with Crippen LogP contribution in [0.3, 0.4) is 0 Å². The van der Waals surface area contributed by atoms with Crippen LogP contribution in [0.4, 0.5) is 4.79 Å². The Hall–Kier alpha value is -2.09. The zero-order chi connectivity index (χ0) is 16.0. The van der Waals surface area contributed by atoms with Crippen molar-refractivity contribution in [2.45, 2.75) is 45.6 Å². The Morgan fingerprint density at radius 1 is 1.45 bits per heavy atom. The summed E-state index contributed by atoms with van der Waals surface area (Å²) in [7, 11) is 0. The number of rotatable bonds is 4. The molecule has 1 aliphatic carbocycles. The van der Waals surface area contributed by atoms with Crippen LogP contribution in [0.25, 0.3) is 0 Å². The predicted molar refractivity (Wildman–Crippen MR) is 84.1 cm³/mol. The highest BCUT2D eigenvalue weighted by atomic mass is 16.6. The van der Waals surface area contributed by atoms with Gasteiger partial charge >= 0.3 is 6.09 Å². The van der Waals surface area contributed by atoms with Crippen LogP contribution >= 0.6 is 0 Å². The molecule has 0 aliphatic heterocycles. The largest absolute Gasteiger partial charge is 0.444 e. The Kier molecular flexibility index (Phi) is 5.37. The average Bonchev–Trinajstić information content (AvgIpc) is 3.25. The molecule has 5 nitrogen and oxygen atoms in total. The predicted octanol–water partition coefficient (Wildman–Crippen LogP) is 2.87. The Bertz CT molecular complexity index is 551. The maximum absolute atomic E-state index is 12.2. The lowest BCUT2D eigenvalue weighted by Crippen LogP contribution is -2.38. The van der Waals surface area contributed by atoms with Crippen molar-refractivity contribution >= 4 is 6.09 Å². The molecule has 1 amide bonds. The summed E-state index contributed by atoms with van der Waals surface area (Å²) in [6, 6.07) is 3.62. The topological polar surface area (TPSA) is 55.3 Å². The third-order valence-electron chi connectivity index (χ3n) is 3.12. The van der Waals surface area contributed by atoms with Crippen LogP contribution in [0.5, 0.6) is 0 Å². The third-order valence-corrected chi connectivity index (χ3v) is 3.12. The lowest BCUT2D eigenvalue weighted by Gasteiger charge is -2.27. The number of carbonyl (C=O) groups is 1. The molecule has 118 valence electrons. The van der Waals surface area contributed by atoms with Crippen LogP contribution in [0.2, 0.25) is 0 Å². The fourth-order valence-corrected chi connectivity index (χ4v) is 1.91. The molecule has 1 aliphatic rings. The van der Waals surface area contributed by atoms with Gasteiger partial charge in [0.25, 0.3) is 0 Å². The van der Waals surface area contributed by atoms with Gasteiger partial charge in [0.05, 0.1) is 0 Å². The van der Waals surface area contributed by atoms with Crippen LogP contribution in [-0.2, 0) is 4.74 Å². The quantitative estimate of drug-likeness (QED) is 0.802.